The molecule has 1 fully saturated rings. The molecule has 1 N–H and O–H groups in total. The van der Waals surface area contributed by atoms with Gasteiger partial charge in [0.05, 0.1) is 11.5 Å². The van der Waals surface area contributed by atoms with Gasteiger partial charge < -0.3 is 5.32 Å². The van der Waals surface area contributed by atoms with Gasteiger partial charge in [-0.15, -0.1) is 0 Å². The van der Waals surface area contributed by atoms with Crippen molar-refractivity contribution in [2.75, 3.05) is 16.8 Å². The zero-order valence-electron chi connectivity index (χ0n) is 11.9. The van der Waals surface area contributed by atoms with Crippen LogP contribution in [-0.2, 0) is 15.3 Å². The number of para-hydroxylation sites is 1. The van der Waals surface area contributed by atoms with E-state index >= 15 is 0 Å². The molecule has 1 aromatic rings. The topological polar surface area (TPSA) is 46.2 Å². The maximum absolute atomic E-state index is 11.7. The molecule has 0 bridgehead atoms. The first-order valence-corrected chi connectivity index (χ1v) is 8.66. The first-order chi connectivity index (χ1) is 8.78. The van der Waals surface area contributed by atoms with Crippen LogP contribution >= 0.6 is 0 Å². The van der Waals surface area contributed by atoms with Crippen LogP contribution in [-0.4, -0.2) is 26.0 Å². The van der Waals surface area contributed by atoms with Crippen LogP contribution in [0.25, 0.3) is 0 Å². The van der Waals surface area contributed by atoms with Crippen LogP contribution in [0.5, 0.6) is 0 Å². The Morgan fingerprint density at radius 1 is 1.21 bits per heavy atom. The Labute approximate surface area is 116 Å². The number of nitrogens with one attached hydrogen (secondary N) is 1. The molecule has 0 radical (unpaired) electrons. The summed E-state index contributed by atoms with van der Waals surface area (Å²) in [5.74, 6) is 0.595. The van der Waals surface area contributed by atoms with E-state index in [0.29, 0.717) is 5.75 Å². The minimum absolute atomic E-state index is 0.0437. The molecule has 1 aromatic carbocycles. The van der Waals surface area contributed by atoms with Crippen molar-refractivity contribution in [3.05, 3.63) is 29.8 Å². The molecule has 1 aliphatic heterocycles. The third-order valence-corrected chi connectivity index (χ3v) is 5.38. The zero-order chi connectivity index (χ0) is 14.1. The summed E-state index contributed by atoms with van der Waals surface area (Å²) >= 11 is 0. The fourth-order valence-corrected chi connectivity index (χ4v) is 4.26. The van der Waals surface area contributed by atoms with Crippen LogP contribution < -0.4 is 5.32 Å². The molecule has 0 aromatic heterocycles. The molecule has 106 valence electrons. The molecule has 1 unspecified atom stereocenters. The quantitative estimate of drug-likeness (QED) is 0.906. The maximum Gasteiger partial charge on any atom is 0.152 e. The average Bonchev–Trinajstić information content (AvgIpc) is 2.26. The fourth-order valence-electron chi connectivity index (χ4n) is 2.62. The van der Waals surface area contributed by atoms with Crippen molar-refractivity contribution in [3.8, 4) is 0 Å². The fraction of sp³-hybridized carbons (Fsp3) is 0.600. The monoisotopic (exact) mass is 281 g/mol. The van der Waals surface area contributed by atoms with Crippen molar-refractivity contribution in [1.29, 1.82) is 0 Å². The van der Waals surface area contributed by atoms with E-state index in [0.717, 1.165) is 18.5 Å². The van der Waals surface area contributed by atoms with Gasteiger partial charge in [0.15, 0.2) is 9.84 Å². The third kappa shape index (κ3) is 3.72. The number of hydrogen-bond acceptors (Lipinski definition) is 3. The van der Waals surface area contributed by atoms with Crippen LogP contribution in [0.1, 0.15) is 39.2 Å². The summed E-state index contributed by atoms with van der Waals surface area (Å²) in [4.78, 5) is 0. The lowest BCUT2D eigenvalue weighted by molar-refractivity contribution is 0.559. The van der Waals surface area contributed by atoms with Gasteiger partial charge in [-0.1, -0.05) is 39.0 Å². The summed E-state index contributed by atoms with van der Waals surface area (Å²) in [5, 5.41) is 3.43. The van der Waals surface area contributed by atoms with E-state index in [9.17, 15) is 8.42 Å². The molecule has 1 heterocycles. The number of sulfone groups is 1. The molecule has 3 nitrogen and oxygen atoms in total. The van der Waals surface area contributed by atoms with Crippen molar-refractivity contribution in [2.45, 2.75) is 45.1 Å². The molecule has 1 saturated heterocycles. The van der Waals surface area contributed by atoms with Crippen LogP contribution in [0, 0.1) is 0 Å². The van der Waals surface area contributed by atoms with E-state index in [4.69, 9.17) is 0 Å². The van der Waals surface area contributed by atoms with Gasteiger partial charge >= 0.3 is 0 Å². The Hall–Kier alpha value is -1.03. The normalized spacial score (nSPS) is 23.0. The average molecular weight is 281 g/mol. The van der Waals surface area contributed by atoms with Gasteiger partial charge in [0.25, 0.3) is 0 Å². The minimum atomic E-state index is -2.86. The van der Waals surface area contributed by atoms with E-state index in [1.807, 2.05) is 18.2 Å². The van der Waals surface area contributed by atoms with Crippen molar-refractivity contribution in [1.82, 2.24) is 0 Å². The summed E-state index contributed by atoms with van der Waals surface area (Å²) in [6.45, 7) is 6.52. The lowest BCUT2D eigenvalue weighted by Gasteiger charge is -2.28. The molecule has 4 heteroatoms. The Bertz CT molecular complexity index is 544. The van der Waals surface area contributed by atoms with E-state index in [1.165, 1.54) is 5.56 Å². The van der Waals surface area contributed by atoms with E-state index < -0.39 is 9.84 Å². The highest BCUT2D eigenvalue weighted by Crippen LogP contribution is 2.30. The van der Waals surface area contributed by atoms with Gasteiger partial charge in [0.1, 0.15) is 0 Å². The lowest BCUT2D eigenvalue weighted by atomic mass is 9.85. The second-order valence-corrected chi connectivity index (χ2v) is 8.62. The first kappa shape index (κ1) is 14.4. The molecule has 0 aliphatic carbocycles. The Morgan fingerprint density at radius 3 is 2.53 bits per heavy atom. The van der Waals surface area contributed by atoms with Crippen molar-refractivity contribution in [3.63, 3.8) is 0 Å². The predicted octanol–water partition coefficient (Wildman–Crippen LogP) is 2.97. The van der Waals surface area contributed by atoms with E-state index in [-0.39, 0.29) is 17.2 Å². The van der Waals surface area contributed by atoms with Gasteiger partial charge in [0, 0.05) is 11.7 Å². The minimum Gasteiger partial charge on any atom is -0.381 e. The molecule has 19 heavy (non-hydrogen) atoms. The standard InChI is InChI=1S/C15H23NO2S/c1-15(2,3)13-8-4-5-9-14(13)16-12-7-6-10-19(17,18)11-12/h4-5,8-9,12,16H,6-7,10-11H2,1-3H3. The number of hydrogen-bond donors (Lipinski definition) is 1. The molecule has 2 rings (SSSR count). The summed E-state index contributed by atoms with van der Waals surface area (Å²) in [6.07, 6.45) is 1.69. The van der Waals surface area contributed by atoms with Crippen LogP contribution in [0.3, 0.4) is 0 Å². The molecule has 1 atom stereocenters. The number of benzene rings is 1. The van der Waals surface area contributed by atoms with Gasteiger partial charge in [-0.05, 0) is 29.9 Å². The second-order valence-electron chi connectivity index (χ2n) is 6.39. The highest BCUT2D eigenvalue weighted by atomic mass is 32.2. The lowest BCUT2D eigenvalue weighted by Crippen LogP contribution is -2.35. The Morgan fingerprint density at radius 2 is 1.89 bits per heavy atom. The third-order valence-electron chi connectivity index (χ3n) is 3.56. The SMILES string of the molecule is CC(C)(C)c1ccccc1NC1CCCS(=O)(=O)C1. The van der Waals surface area contributed by atoms with Crippen molar-refractivity contribution >= 4 is 15.5 Å². The second kappa shape index (κ2) is 5.16. The molecule has 0 spiro atoms. The van der Waals surface area contributed by atoms with Crippen LogP contribution in [0.15, 0.2) is 24.3 Å². The summed E-state index contributed by atoms with van der Waals surface area (Å²) < 4.78 is 23.4. The van der Waals surface area contributed by atoms with Crippen molar-refractivity contribution < 1.29 is 8.42 Å². The van der Waals surface area contributed by atoms with Crippen molar-refractivity contribution in [2.24, 2.45) is 0 Å². The first-order valence-electron chi connectivity index (χ1n) is 6.84. The highest BCUT2D eigenvalue weighted by molar-refractivity contribution is 7.91. The van der Waals surface area contributed by atoms with Gasteiger partial charge in [-0.3, -0.25) is 0 Å². The highest BCUT2D eigenvalue weighted by Gasteiger charge is 2.26. The van der Waals surface area contributed by atoms with Crippen LogP contribution in [0.2, 0.25) is 0 Å². The smallest absolute Gasteiger partial charge is 0.152 e. The zero-order valence-corrected chi connectivity index (χ0v) is 12.8. The summed E-state index contributed by atoms with van der Waals surface area (Å²) in [7, 11) is -2.86. The molecular weight excluding hydrogens is 258 g/mol. The number of anilines is 1. The largest absolute Gasteiger partial charge is 0.381 e. The van der Waals surface area contributed by atoms with Gasteiger partial charge in [0.2, 0.25) is 0 Å². The molecular formula is C15H23NO2S. The Kier molecular flexibility index (Phi) is 3.90. The number of rotatable bonds is 2. The summed E-state index contributed by atoms with van der Waals surface area (Å²) in [6, 6.07) is 8.22. The van der Waals surface area contributed by atoms with E-state index in [2.05, 4.69) is 32.2 Å². The van der Waals surface area contributed by atoms with Gasteiger partial charge in [-0.2, -0.15) is 0 Å². The molecule has 1 aliphatic rings. The maximum atomic E-state index is 11.7. The van der Waals surface area contributed by atoms with E-state index in [1.54, 1.807) is 0 Å². The molecule has 0 saturated carbocycles. The van der Waals surface area contributed by atoms with Crippen LogP contribution in [0.4, 0.5) is 5.69 Å². The van der Waals surface area contributed by atoms with Gasteiger partial charge in [-0.25, -0.2) is 8.42 Å². The molecule has 0 amide bonds. The Balaban J connectivity index is 2.20. The predicted molar refractivity (Wildman–Crippen MR) is 80.4 cm³/mol. The summed E-state index contributed by atoms with van der Waals surface area (Å²) in [5.41, 5.74) is 2.35.